The first-order valence-electron chi connectivity index (χ1n) is 13.5. The Morgan fingerprint density at radius 3 is 2.79 bits per heavy atom. The van der Waals surface area contributed by atoms with E-state index in [0.29, 0.717) is 43.6 Å². The molecule has 226 valence electrons. The number of phosphoric acid groups is 1. The summed E-state index contributed by atoms with van der Waals surface area (Å²) in [5, 5.41) is 8.89. The molecule has 13 nitrogen and oxygen atoms in total. The van der Waals surface area contributed by atoms with Gasteiger partial charge in [-0.15, -0.1) is 0 Å². The zero-order chi connectivity index (χ0) is 30.0. The number of nitrogens with one attached hydrogen (secondary N) is 2. The van der Waals surface area contributed by atoms with E-state index >= 15 is 0 Å². The van der Waals surface area contributed by atoms with E-state index in [2.05, 4.69) is 30.3 Å². The smallest absolute Gasteiger partial charge is 0.469 e. The Hall–Kier alpha value is -3.81. The number of fused-ring (bicyclic) bond motifs is 1. The molecule has 2 heterocycles. The lowest BCUT2D eigenvalue weighted by Gasteiger charge is -2.28. The van der Waals surface area contributed by atoms with Gasteiger partial charge < -0.3 is 24.7 Å². The van der Waals surface area contributed by atoms with Gasteiger partial charge in [0.1, 0.15) is 24.8 Å². The third-order valence-corrected chi connectivity index (χ3v) is 6.66. The van der Waals surface area contributed by atoms with Gasteiger partial charge >= 0.3 is 7.82 Å². The first-order chi connectivity index (χ1) is 20.2. The fourth-order valence-electron chi connectivity index (χ4n) is 4.33. The van der Waals surface area contributed by atoms with Gasteiger partial charge in [-0.3, -0.25) is 29.4 Å². The number of hydrazine groups is 1. The van der Waals surface area contributed by atoms with E-state index < -0.39 is 13.6 Å². The molecule has 0 aliphatic carbocycles. The lowest BCUT2D eigenvalue weighted by atomic mass is 10.1. The minimum absolute atomic E-state index is 0.0410. The number of benzene rings is 2. The highest BCUT2D eigenvalue weighted by Gasteiger charge is 2.17. The van der Waals surface area contributed by atoms with Crippen LogP contribution in [-0.2, 0) is 20.4 Å². The Labute approximate surface area is 243 Å². The third-order valence-electron chi connectivity index (χ3n) is 6.14. The van der Waals surface area contributed by atoms with Gasteiger partial charge in [0, 0.05) is 48.9 Å². The number of phosphoric ester groups is 1. The zero-order valence-corrected chi connectivity index (χ0v) is 24.1. The number of carbonyl (C=O) groups is 1. The molecule has 15 heteroatoms. The number of halogens is 1. The van der Waals surface area contributed by atoms with Crippen LogP contribution in [-0.4, -0.2) is 76.1 Å². The monoisotopic (exact) mass is 603 g/mol. The molecule has 4 N–H and O–H groups in total. The molecule has 1 amide bonds. The SMILES string of the molecule is CCCN(CCCOc1ccc2c(c1)N(Nc1ccn(CC(=O)Nc3cccc(F)c3)n1)CN=C2)CCOP(=O)(O)O. The number of aromatic nitrogens is 2. The van der Waals surface area contributed by atoms with E-state index in [1.165, 1.54) is 22.9 Å². The minimum atomic E-state index is -4.47. The minimum Gasteiger partial charge on any atom is -0.493 e. The van der Waals surface area contributed by atoms with Crippen molar-refractivity contribution < 1.29 is 32.8 Å². The number of aliphatic imine (C=N–C) groups is 1. The van der Waals surface area contributed by atoms with Crippen molar-refractivity contribution in [1.82, 2.24) is 14.7 Å². The highest BCUT2D eigenvalue weighted by molar-refractivity contribution is 7.46. The summed E-state index contributed by atoms with van der Waals surface area (Å²) in [4.78, 5) is 36.6. The average Bonchev–Trinajstić information content (AvgIpc) is 3.37. The molecule has 0 saturated heterocycles. The summed E-state index contributed by atoms with van der Waals surface area (Å²) in [6.07, 6.45) is 5.09. The normalized spacial score (nSPS) is 12.8. The molecule has 1 aliphatic rings. The fraction of sp³-hybridized carbons (Fsp3) is 0.370. The van der Waals surface area contributed by atoms with Crippen LogP contribution < -0.4 is 20.5 Å². The van der Waals surface area contributed by atoms with Crippen LogP contribution in [0.4, 0.5) is 21.6 Å². The predicted molar refractivity (Wildman–Crippen MR) is 157 cm³/mol. The second-order valence-corrected chi connectivity index (χ2v) is 10.8. The summed E-state index contributed by atoms with van der Waals surface area (Å²) in [5.74, 6) is 0.431. The van der Waals surface area contributed by atoms with Crippen LogP contribution in [0.3, 0.4) is 0 Å². The number of hydrogen-bond acceptors (Lipinski definition) is 9. The molecule has 0 fully saturated rings. The first kappa shape index (κ1) is 31.1. The van der Waals surface area contributed by atoms with E-state index in [-0.39, 0.29) is 19.1 Å². The molecule has 0 radical (unpaired) electrons. The van der Waals surface area contributed by atoms with Gasteiger partial charge in [0.2, 0.25) is 5.91 Å². The van der Waals surface area contributed by atoms with Gasteiger partial charge in [-0.25, -0.2) is 8.96 Å². The Morgan fingerprint density at radius 2 is 2.00 bits per heavy atom. The van der Waals surface area contributed by atoms with Crippen LogP contribution in [0.25, 0.3) is 0 Å². The molecule has 2 aromatic carbocycles. The third kappa shape index (κ3) is 9.93. The van der Waals surface area contributed by atoms with Gasteiger partial charge in [-0.05, 0) is 49.7 Å². The van der Waals surface area contributed by atoms with Gasteiger partial charge in [-0.1, -0.05) is 13.0 Å². The number of anilines is 3. The van der Waals surface area contributed by atoms with Crippen molar-refractivity contribution in [3.05, 3.63) is 66.1 Å². The summed E-state index contributed by atoms with van der Waals surface area (Å²) >= 11 is 0. The molecule has 3 aromatic rings. The second kappa shape index (κ2) is 14.9. The second-order valence-electron chi connectivity index (χ2n) is 9.54. The van der Waals surface area contributed by atoms with Gasteiger partial charge in [0.25, 0.3) is 0 Å². The summed E-state index contributed by atoms with van der Waals surface area (Å²) < 4.78 is 36.3. The van der Waals surface area contributed by atoms with Gasteiger partial charge in [-0.2, -0.15) is 5.10 Å². The van der Waals surface area contributed by atoms with Crippen LogP contribution in [0.15, 0.2) is 59.7 Å². The summed E-state index contributed by atoms with van der Waals surface area (Å²) in [5.41, 5.74) is 5.34. The maximum atomic E-state index is 13.4. The van der Waals surface area contributed by atoms with Gasteiger partial charge in [0.05, 0.1) is 18.9 Å². The first-order valence-corrected chi connectivity index (χ1v) is 15.0. The van der Waals surface area contributed by atoms with Crippen LogP contribution >= 0.6 is 7.82 Å². The predicted octanol–water partition coefficient (Wildman–Crippen LogP) is 3.47. The lowest BCUT2D eigenvalue weighted by molar-refractivity contribution is -0.116. The standard InChI is InChI=1S/C27H35FN7O6P/c1-2-10-33(13-15-41-42(37,38)39)11-4-14-40-24-8-7-21-18-29-20-35(25(21)17-24)32-26-9-12-34(31-26)19-27(36)30-23-6-3-5-22(28)16-23/h3,5-9,12,16-18H,2,4,10-11,13-15,19-20H2,1H3,(H,30,36)(H,31,32)(H2,37,38,39). The molecule has 4 rings (SSSR count). The molecule has 0 spiro atoms. The number of rotatable bonds is 16. The molecule has 0 saturated carbocycles. The Kier molecular flexibility index (Phi) is 11.0. The zero-order valence-electron chi connectivity index (χ0n) is 23.2. The molecule has 1 aromatic heterocycles. The van der Waals surface area contributed by atoms with E-state index in [4.69, 9.17) is 14.5 Å². The van der Waals surface area contributed by atoms with E-state index in [1.54, 1.807) is 24.5 Å². The number of carbonyl (C=O) groups excluding carboxylic acids is 1. The molecule has 0 bridgehead atoms. The lowest BCUT2D eigenvalue weighted by Crippen LogP contribution is -2.33. The van der Waals surface area contributed by atoms with Crippen molar-refractivity contribution in [3.63, 3.8) is 0 Å². The molecule has 42 heavy (non-hydrogen) atoms. The fourth-order valence-corrected chi connectivity index (χ4v) is 4.65. The summed E-state index contributed by atoms with van der Waals surface area (Å²) in [7, 11) is -4.47. The molecule has 1 aliphatic heterocycles. The van der Waals surface area contributed by atoms with Crippen LogP contribution in [0.5, 0.6) is 5.75 Å². The summed E-state index contributed by atoms with van der Waals surface area (Å²) in [6.45, 7) is 4.67. The Balaban J connectivity index is 1.28. The maximum Gasteiger partial charge on any atom is 0.469 e. The van der Waals surface area contributed by atoms with Crippen LogP contribution in [0.1, 0.15) is 25.3 Å². The van der Waals surface area contributed by atoms with Crippen LogP contribution in [0.2, 0.25) is 0 Å². The molecular formula is C27H35FN7O6P. The largest absolute Gasteiger partial charge is 0.493 e. The number of hydrogen-bond donors (Lipinski definition) is 4. The Bertz CT molecular complexity index is 1420. The van der Waals surface area contributed by atoms with Crippen molar-refractivity contribution in [3.8, 4) is 5.75 Å². The number of amides is 1. The van der Waals surface area contributed by atoms with Crippen molar-refractivity contribution >= 4 is 37.1 Å². The van der Waals surface area contributed by atoms with Crippen LogP contribution in [0, 0.1) is 5.82 Å². The maximum absolute atomic E-state index is 13.4. The van der Waals surface area contributed by atoms with Crippen molar-refractivity contribution in [2.75, 3.05) is 55.3 Å². The van der Waals surface area contributed by atoms with E-state index in [1.807, 2.05) is 30.1 Å². The van der Waals surface area contributed by atoms with E-state index in [9.17, 15) is 13.8 Å². The topological polar surface area (TPSA) is 154 Å². The average molecular weight is 604 g/mol. The van der Waals surface area contributed by atoms with Crippen molar-refractivity contribution in [2.45, 2.75) is 26.3 Å². The Morgan fingerprint density at radius 1 is 1.14 bits per heavy atom. The summed E-state index contributed by atoms with van der Waals surface area (Å²) in [6, 6.07) is 13.1. The van der Waals surface area contributed by atoms with Crippen molar-refractivity contribution in [1.29, 1.82) is 0 Å². The highest BCUT2D eigenvalue weighted by atomic mass is 31.2. The van der Waals surface area contributed by atoms with Crippen molar-refractivity contribution in [2.24, 2.45) is 4.99 Å². The quantitative estimate of drug-likeness (QED) is 0.141. The number of ether oxygens (including phenoxy) is 1. The van der Waals surface area contributed by atoms with Gasteiger partial charge in [0.15, 0.2) is 5.82 Å². The molecule has 0 unspecified atom stereocenters. The molecule has 0 atom stereocenters. The molecular weight excluding hydrogens is 568 g/mol. The van der Waals surface area contributed by atoms with E-state index in [0.717, 1.165) is 30.6 Å². The number of nitrogens with zero attached hydrogens (tertiary/aromatic N) is 5. The highest BCUT2D eigenvalue weighted by Crippen LogP contribution is 2.35.